The molecule has 6 nitrogen and oxygen atoms in total. The smallest absolute Gasteiger partial charge is 0.236 e. The molecule has 3 rings (SSSR count). The fraction of sp³-hybridized carbons (Fsp3) is 0.458. The lowest BCUT2D eigenvalue weighted by molar-refractivity contribution is -0.134. The van der Waals surface area contributed by atoms with E-state index in [0.717, 1.165) is 31.4 Å². The van der Waals surface area contributed by atoms with Gasteiger partial charge in [0.2, 0.25) is 11.8 Å². The summed E-state index contributed by atoms with van der Waals surface area (Å²) in [5.41, 5.74) is 2.48. The molecule has 2 aromatic rings. The van der Waals surface area contributed by atoms with Crippen molar-refractivity contribution in [1.82, 2.24) is 14.8 Å². The number of aryl methyl sites for hydroxylation is 1. The van der Waals surface area contributed by atoms with Crippen molar-refractivity contribution in [2.24, 2.45) is 5.92 Å². The average Bonchev–Trinajstić information content (AvgIpc) is 2.75. The van der Waals surface area contributed by atoms with Crippen molar-refractivity contribution in [3.05, 3.63) is 59.7 Å². The second kappa shape index (κ2) is 11.0. The first-order chi connectivity index (χ1) is 14.9. The van der Waals surface area contributed by atoms with Crippen LogP contribution in [0.3, 0.4) is 0 Å². The van der Waals surface area contributed by atoms with Gasteiger partial charge in [0, 0.05) is 44.1 Å². The quantitative estimate of drug-likeness (QED) is 0.700. The molecule has 0 bridgehead atoms. The number of amides is 2. The van der Waals surface area contributed by atoms with Gasteiger partial charge in [0.05, 0.1) is 6.54 Å². The Labute approximate surface area is 183 Å². The molecule has 2 heterocycles. The first-order valence-electron chi connectivity index (χ1n) is 10.8. The van der Waals surface area contributed by atoms with Crippen molar-refractivity contribution in [3.8, 4) is 0 Å². The minimum atomic E-state index is -0.311. The molecule has 1 saturated heterocycles. The third kappa shape index (κ3) is 7.14. The van der Waals surface area contributed by atoms with Gasteiger partial charge in [-0.1, -0.05) is 0 Å². The summed E-state index contributed by atoms with van der Waals surface area (Å²) in [5, 5.41) is 2.86. The van der Waals surface area contributed by atoms with Crippen LogP contribution in [-0.4, -0.2) is 53.3 Å². The standard InChI is InChI=1S/C24H31FN4O2/c1-18-14-21(25)6-7-22(18)27-23(30)8-5-19-4-3-13-29(16-19)24(31)17-28(2)15-20-9-11-26-12-10-20/h6-7,9-12,14,19H,3-5,8,13,15-17H2,1-2H3,(H,27,30). The molecule has 0 spiro atoms. The van der Waals surface area contributed by atoms with E-state index in [9.17, 15) is 14.0 Å². The zero-order valence-corrected chi connectivity index (χ0v) is 18.3. The molecule has 166 valence electrons. The van der Waals surface area contributed by atoms with Crippen LogP contribution in [0.4, 0.5) is 10.1 Å². The molecule has 7 heteroatoms. The molecule has 0 radical (unpaired) electrons. The highest BCUT2D eigenvalue weighted by molar-refractivity contribution is 5.91. The highest BCUT2D eigenvalue weighted by Gasteiger charge is 2.24. The number of nitrogens with zero attached hydrogens (tertiary/aromatic N) is 3. The molecule has 0 aliphatic carbocycles. The first kappa shape index (κ1) is 22.9. The van der Waals surface area contributed by atoms with Crippen molar-refractivity contribution in [2.45, 2.75) is 39.2 Å². The Balaban J connectivity index is 1.43. The van der Waals surface area contributed by atoms with Crippen molar-refractivity contribution in [1.29, 1.82) is 0 Å². The molecule has 1 fully saturated rings. The Hall–Kier alpha value is -2.80. The maximum atomic E-state index is 13.2. The minimum absolute atomic E-state index is 0.0738. The van der Waals surface area contributed by atoms with E-state index in [1.165, 1.54) is 12.1 Å². The van der Waals surface area contributed by atoms with Gasteiger partial charge in [0.15, 0.2) is 0 Å². The minimum Gasteiger partial charge on any atom is -0.341 e. The largest absolute Gasteiger partial charge is 0.341 e. The van der Waals surface area contributed by atoms with Gasteiger partial charge < -0.3 is 10.2 Å². The lowest BCUT2D eigenvalue weighted by Crippen LogP contribution is -2.44. The highest BCUT2D eigenvalue weighted by Crippen LogP contribution is 2.22. The van der Waals surface area contributed by atoms with Crippen LogP contribution in [0.2, 0.25) is 0 Å². The van der Waals surface area contributed by atoms with Crippen molar-refractivity contribution in [3.63, 3.8) is 0 Å². The van der Waals surface area contributed by atoms with Gasteiger partial charge in [-0.05, 0) is 80.6 Å². The van der Waals surface area contributed by atoms with Crippen LogP contribution < -0.4 is 5.32 Å². The molecule has 31 heavy (non-hydrogen) atoms. The normalized spacial score (nSPS) is 16.4. The van der Waals surface area contributed by atoms with Crippen LogP contribution in [0.1, 0.15) is 36.8 Å². The zero-order valence-electron chi connectivity index (χ0n) is 18.3. The highest BCUT2D eigenvalue weighted by atomic mass is 19.1. The lowest BCUT2D eigenvalue weighted by Gasteiger charge is -2.34. The number of likely N-dealkylation sites (N-methyl/N-ethyl adjacent to an activating group) is 1. The number of anilines is 1. The van der Waals surface area contributed by atoms with Crippen molar-refractivity contribution in [2.75, 3.05) is 32.0 Å². The number of benzene rings is 1. The SMILES string of the molecule is Cc1cc(F)ccc1NC(=O)CCC1CCCN(C(=O)CN(C)Cc2ccncc2)C1. The van der Waals surface area contributed by atoms with Gasteiger partial charge in [0.25, 0.3) is 0 Å². The summed E-state index contributed by atoms with van der Waals surface area (Å²) >= 11 is 0. The summed E-state index contributed by atoms with van der Waals surface area (Å²) in [5.74, 6) is 0.0695. The van der Waals surface area contributed by atoms with Crippen LogP contribution in [0.15, 0.2) is 42.7 Å². The Kier molecular flexibility index (Phi) is 8.12. The fourth-order valence-corrected chi connectivity index (χ4v) is 4.03. The van der Waals surface area contributed by atoms with Gasteiger partial charge in [-0.15, -0.1) is 0 Å². The van der Waals surface area contributed by atoms with E-state index in [1.807, 2.05) is 29.0 Å². The molecule has 1 aliphatic rings. The second-order valence-electron chi connectivity index (χ2n) is 8.42. The third-order valence-electron chi connectivity index (χ3n) is 5.72. The van der Waals surface area contributed by atoms with Crippen LogP contribution in [0.25, 0.3) is 0 Å². The average molecular weight is 427 g/mol. The van der Waals surface area contributed by atoms with E-state index in [2.05, 4.69) is 10.3 Å². The molecule has 1 atom stereocenters. The lowest BCUT2D eigenvalue weighted by atomic mass is 9.93. The fourth-order valence-electron chi connectivity index (χ4n) is 4.03. The number of aromatic nitrogens is 1. The van der Waals surface area contributed by atoms with E-state index < -0.39 is 0 Å². The number of carbonyl (C=O) groups excluding carboxylic acids is 2. The molecule has 2 amide bonds. The predicted molar refractivity (Wildman–Crippen MR) is 119 cm³/mol. The summed E-state index contributed by atoms with van der Waals surface area (Å²) in [6.45, 7) is 4.33. The number of hydrogen-bond acceptors (Lipinski definition) is 4. The van der Waals surface area contributed by atoms with Crippen LogP contribution in [0, 0.1) is 18.7 Å². The Morgan fingerprint density at radius 1 is 1.26 bits per heavy atom. The maximum absolute atomic E-state index is 13.2. The third-order valence-corrected chi connectivity index (χ3v) is 5.72. The maximum Gasteiger partial charge on any atom is 0.236 e. The number of likely N-dealkylation sites (tertiary alicyclic amines) is 1. The summed E-state index contributed by atoms with van der Waals surface area (Å²) < 4.78 is 13.2. The topological polar surface area (TPSA) is 65.5 Å². The monoisotopic (exact) mass is 426 g/mol. The summed E-state index contributed by atoms with van der Waals surface area (Å²) in [6.07, 6.45) is 6.64. The number of hydrogen-bond donors (Lipinski definition) is 1. The number of pyridine rings is 1. The Bertz CT molecular complexity index is 890. The molecular weight excluding hydrogens is 395 g/mol. The molecular formula is C24H31FN4O2. The Morgan fingerprint density at radius 2 is 2.03 bits per heavy atom. The van der Waals surface area contributed by atoms with Gasteiger partial charge in [-0.2, -0.15) is 0 Å². The molecule has 1 aromatic carbocycles. The van der Waals surface area contributed by atoms with E-state index in [-0.39, 0.29) is 17.6 Å². The molecule has 1 aromatic heterocycles. The summed E-state index contributed by atoms with van der Waals surface area (Å²) in [6, 6.07) is 8.25. The number of rotatable bonds is 8. The van der Waals surface area contributed by atoms with E-state index in [1.54, 1.807) is 25.4 Å². The van der Waals surface area contributed by atoms with Crippen molar-refractivity contribution >= 4 is 17.5 Å². The van der Waals surface area contributed by atoms with Gasteiger partial charge in [-0.25, -0.2) is 4.39 Å². The van der Waals surface area contributed by atoms with Crippen LogP contribution in [0.5, 0.6) is 0 Å². The number of halogens is 1. The molecule has 0 saturated carbocycles. The van der Waals surface area contributed by atoms with Gasteiger partial charge in [0.1, 0.15) is 5.82 Å². The van der Waals surface area contributed by atoms with Gasteiger partial charge >= 0.3 is 0 Å². The number of piperidine rings is 1. The van der Waals surface area contributed by atoms with E-state index in [4.69, 9.17) is 0 Å². The first-order valence-corrected chi connectivity index (χ1v) is 10.8. The van der Waals surface area contributed by atoms with Crippen LogP contribution in [-0.2, 0) is 16.1 Å². The van der Waals surface area contributed by atoms with Gasteiger partial charge in [-0.3, -0.25) is 19.5 Å². The Morgan fingerprint density at radius 3 is 2.77 bits per heavy atom. The molecule has 1 unspecified atom stereocenters. The van der Waals surface area contributed by atoms with E-state index >= 15 is 0 Å². The zero-order chi connectivity index (χ0) is 22.2. The molecule has 1 aliphatic heterocycles. The summed E-state index contributed by atoms with van der Waals surface area (Å²) in [4.78, 5) is 33.0. The number of carbonyl (C=O) groups is 2. The number of nitrogens with one attached hydrogen (secondary N) is 1. The second-order valence-corrected chi connectivity index (χ2v) is 8.42. The molecule has 1 N–H and O–H groups in total. The van der Waals surface area contributed by atoms with E-state index in [0.29, 0.717) is 43.2 Å². The van der Waals surface area contributed by atoms with Crippen LogP contribution >= 0.6 is 0 Å². The summed E-state index contributed by atoms with van der Waals surface area (Å²) in [7, 11) is 1.95. The van der Waals surface area contributed by atoms with Crippen molar-refractivity contribution < 1.29 is 14.0 Å². The predicted octanol–water partition coefficient (Wildman–Crippen LogP) is 3.62.